The van der Waals surface area contributed by atoms with Crippen LogP contribution in [-0.2, 0) is 14.3 Å². The van der Waals surface area contributed by atoms with Crippen molar-refractivity contribution in [1.29, 1.82) is 0 Å². The number of likely N-dealkylation sites (N-methyl/N-ethyl adjacent to an activating group) is 1. The zero-order valence-corrected chi connectivity index (χ0v) is 15.1. The first-order chi connectivity index (χ1) is 9.81. The second kappa shape index (κ2) is 6.69. The van der Waals surface area contributed by atoms with Gasteiger partial charge in [-0.1, -0.05) is 27.2 Å². The van der Waals surface area contributed by atoms with Crippen LogP contribution in [0, 0.1) is 17.8 Å². The van der Waals surface area contributed by atoms with Gasteiger partial charge in [0.2, 0.25) is 6.29 Å². The average Bonchev–Trinajstić information content (AvgIpc) is 2.64. The predicted molar refractivity (Wildman–Crippen MR) is 85.7 cm³/mol. The summed E-state index contributed by atoms with van der Waals surface area (Å²) in [6, 6.07) is 0. The van der Waals surface area contributed by atoms with Crippen LogP contribution in [0.3, 0.4) is 0 Å². The van der Waals surface area contributed by atoms with Crippen LogP contribution in [-0.4, -0.2) is 37.4 Å². The van der Waals surface area contributed by atoms with Gasteiger partial charge >= 0.3 is 5.97 Å². The number of hydrogen-bond donors (Lipinski definition) is 0. The van der Waals surface area contributed by atoms with Crippen LogP contribution in [0.5, 0.6) is 0 Å². The van der Waals surface area contributed by atoms with Crippen molar-refractivity contribution in [3.05, 3.63) is 10.2 Å². The van der Waals surface area contributed by atoms with Gasteiger partial charge in [0.05, 0.1) is 6.10 Å². The highest BCUT2D eigenvalue weighted by molar-refractivity contribution is 9.12. The molecule has 0 aromatic carbocycles. The lowest BCUT2D eigenvalue weighted by Gasteiger charge is -2.38. The summed E-state index contributed by atoms with van der Waals surface area (Å²) in [5, 5.41) is 0. The molecule has 0 aromatic heterocycles. The molecule has 0 spiro atoms. The van der Waals surface area contributed by atoms with Crippen LogP contribution in [0.1, 0.15) is 40.0 Å². The number of nitrogens with zero attached hydrogens (tertiary/aromatic N) is 1. The Kier molecular flexibility index (Phi) is 5.36. The van der Waals surface area contributed by atoms with Crippen molar-refractivity contribution in [2.75, 3.05) is 14.1 Å². The molecule has 0 amide bonds. The fourth-order valence-electron chi connectivity index (χ4n) is 3.34. The van der Waals surface area contributed by atoms with E-state index in [9.17, 15) is 4.79 Å². The Morgan fingerprint density at radius 3 is 2.57 bits per heavy atom. The molecular weight excluding hydrogens is 334 g/mol. The molecule has 1 fully saturated rings. The number of ether oxygens (including phenoxy) is 2. The van der Waals surface area contributed by atoms with Gasteiger partial charge in [0.1, 0.15) is 10.2 Å². The first-order valence-electron chi connectivity index (χ1n) is 7.74. The number of cyclic esters (lactones) is 1. The van der Waals surface area contributed by atoms with Crippen molar-refractivity contribution in [2.45, 2.75) is 52.4 Å². The van der Waals surface area contributed by atoms with Gasteiger partial charge in [0.15, 0.2) is 0 Å². The number of carbonyl (C=O) groups is 1. The molecule has 0 bridgehead atoms. The summed E-state index contributed by atoms with van der Waals surface area (Å²) < 4.78 is 12.1. The molecule has 4 atom stereocenters. The third kappa shape index (κ3) is 3.62. The third-order valence-corrected chi connectivity index (χ3v) is 5.31. The molecule has 0 unspecified atom stereocenters. The molecule has 2 rings (SSSR count). The van der Waals surface area contributed by atoms with Crippen molar-refractivity contribution in [3.63, 3.8) is 0 Å². The summed E-state index contributed by atoms with van der Waals surface area (Å²) in [4.78, 5) is 13.7. The lowest BCUT2D eigenvalue weighted by molar-refractivity contribution is -0.184. The molecule has 2 aliphatic rings. The van der Waals surface area contributed by atoms with Crippen molar-refractivity contribution < 1.29 is 14.3 Å². The summed E-state index contributed by atoms with van der Waals surface area (Å²) in [5.41, 5.74) is 0.778. The van der Waals surface area contributed by atoms with Crippen molar-refractivity contribution >= 4 is 21.9 Å². The number of carbonyl (C=O) groups excluding carboxylic acids is 1. The van der Waals surface area contributed by atoms with Crippen LogP contribution in [0.25, 0.3) is 0 Å². The standard InChI is InChI=1S/C16H26BrNO3/c1-9(2)11-7-6-10(3)8-12(11)20-16-14(18(4)5)13(17)15(19)21-16/h9-12,16H,6-8H2,1-5H3/t10-,11+,12-,16+/m1/s1. The van der Waals surface area contributed by atoms with Crippen LogP contribution in [0.4, 0.5) is 0 Å². The zero-order valence-electron chi connectivity index (χ0n) is 13.6. The monoisotopic (exact) mass is 359 g/mol. The van der Waals surface area contributed by atoms with Gasteiger partial charge < -0.3 is 14.4 Å². The molecule has 5 heteroatoms. The Hall–Kier alpha value is -0.550. The Morgan fingerprint density at radius 1 is 1.33 bits per heavy atom. The number of halogens is 1. The first kappa shape index (κ1) is 16.8. The number of rotatable bonds is 4. The highest BCUT2D eigenvalue weighted by atomic mass is 79.9. The van der Waals surface area contributed by atoms with Crippen molar-refractivity contribution in [2.24, 2.45) is 17.8 Å². The molecule has 21 heavy (non-hydrogen) atoms. The quantitative estimate of drug-likeness (QED) is 0.720. The van der Waals surface area contributed by atoms with E-state index in [1.807, 2.05) is 19.0 Å². The van der Waals surface area contributed by atoms with E-state index in [4.69, 9.17) is 9.47 Å². The van der Waals surface area contributed by atoms with E-state index in [1.165, 1.54) is 12.8 Å². The molecule has 120 valence electrons. The normalized spacial score (nSPS) is 33.6. The van der Waals surface area contributed by atoms with Crippen LogP contribution in [0.2, 0.25) is 0 Å². The Morgan fingerprint density at radius 2 is 2.00 bits per heavy atom. The fraction of sp³-hybridized carbons (Fsp3) is 0.812. The van der Waals surface area contributed by atoms with Crippen LogP contribution in [0.15, 0.2) is 10.2 Å². The van der Waals surface area contributed by atoms with Gasteiger partial charge in [-0.3, -0.25) is 0 Å². The predicted octanol–water partition coefficient (Wildman–Crippen LogP) is 3.51. The second-order valence-electron chi connectivity index (χ2n) is 6.83. The van der Waals surface area contributed by atoms with E-state index in [0.29, 0.717) is 22.2 Å². The third-order valence-electron chi connectivity index (χ3n) is 4.58. The Balaban J connectivity index is 2.13. The molecule has 1 aliphatic heterocycles. The highest BCUT2D eigenvalue weighted by Gasteiger charge is 2.40. The van der Waals surface area contributed by atoms with E-state index >= 15 is 0 Å². The van der Waals surface area contributed by atoms with E-state index in [2.05, 4.69) is 36.7 Å². The average molecular weight is 360 g/mol. The van der Waals surface area contributed by atoms with Gasteiger partial charge in [-0.15, -0.1) is 0 Å². The molecule has 1 saturated carbocycles. The minimum absolute atomic E-state index is 0.153. The molecule has 0 saturated heterocycles. The van der Waals surface area contributed by atoms with Crippen LogP contribution < -0.4 is 0 Å². The number of esters is 1. The fourth-order valence-corrected chi connectivity index (χ4v) is 3.98. The van der Waals surface area contributed by atoms with Gasteiger partial charge in [-0.2, -0.15) is 0 Å². The van der Waals surface area contributed by atoms with E-state index in [1.54, 1.807) is 0 Å². The van der Waals surface area contributed by atoms with E-state index in [-0.39, 0.29) is 12.1 Å². The molecule has 0 N–H and O–H groups in total. The summed E-state index contributed by atoms with van der Waals surface area (Å²) >= 11 is 3.32. The molecule has 0 radical (unpaired) electrons. The lowest BCUT2D eigenvalue weighted by Crippen LogP contribution is -2.39. The maximum absolute atomic E-state index is 11.8. The highest BCUT2D eigenvalue weighted by Crippen LogP contribution is 2.38. The Bertz CT molecular complexity index is 433. The zero-order chi connectivity index (χ0) is 15.7. The lowest BCUT2D eigenvalue weighted by atomic mass is 9.75. The first-order valence-corrected chi connectivity index (χ1v) is 8.54. The summed E-state index contributed by atoms with van der Waals surface area (Å²) in [7, 11) is 3.80. The topological polar surface area (TPSA) is 38.8 Å². The maximum atomic E-state index is 11.8. The van der Waals surface area contributed by atoms with Crippen molar-refractivity contribution in [3.8, 4) is 0 Å². The largest absolute Gasteiger partial charge is 0.426 e. The number of hydrogen-bond acceptors (Lipinski definition) is 4. The van der Waals surface area contributed by atoms with Gasteiger partial charge in [-0.05, 0) is 46.5 Å². The maximum Gasteiger partial charge on any atom is 0.349 e. The van der Waals surface area contributed by atoms with E-state index in [0.717, 1.165) is 12.1 Å². The molecule has 1 aliphatic carbocycles. The smallest absolute Gasteiger partial charge is 0.349 e. The van der Waals surface area contributed by atoms with Crippen molar-refractivity contribution in [1.82, 2.24) is 4.90 Å². The minimum Gasteiger partial charge on any atom is -0.426 e. The molecule has 0 aromatic rings. The molecular formula is C16H26BrNO3. The van der Waals surface area contributed by atoms with E-state index < -0.39 is 6.29 Å². The SMILES string of the molecule is CC(C)[C@@H]1CC[C@@H](C)C[C@H]1O[C@H]1OC(=O)C(Br)=C1N(C)C. The molecule has 4 nitrogen and oxygen atoms in total. The minimum atomic E-state index is -0.585. The second-order valence-corrected chi connectivity index (χ2v) is 7.62. The van der Waals surface area contributed by atoms with Gasteiger partial charge in [-0.25, -0.2) is 4.79 Å². The summed E-state index contributed by atoms with van der Waals surface area (Å²) in [6.07, 6.45) is 3.05. The van der Waals surface area contributed by atoms with Gasteiger partial charge in [0, 0.05) is 14.1 Å². The van der Waals surface area contributed by atoms with Gasteiger partial charge in [0.25, 0.3) is 0 Å². The molecule has 1 heterocycles. The summed E-state index contributed by atoms with van der Waals surface area (Å²) in [5.74, 6) is 1.43. The van der Waals surface area contributed by atoms with Crippen LogP contribution >= 0.6 is 15.9 Å². The Labute approximate surface area is 136 Å². The summed E-state index contributed by atoms with van der Waals surface area (Å²) in [6.45, 7) is 6.76.